The summed E-state index contributed by atoms with van der Waals surface area (Å²) in [4.78, 5) is 13.1. The molecule has 1 unspecified atom stereocenters. The first-order valence-corrected chi connectivity index (χ1v) is 5.92. The average molecular weight is 220 g/mol. The summed E-state index contributed by atoms with van der Waals surface area (Å²) in [5.74, 6) is 1.57. The summed E-state index contributed by atoms with van der Waals surface area (Å²) in [6.45, 7) is 3.48. The number of aromatic nitrogens is 2. The van der Waals surface area contributed by atoms with Crippen LogP contribution in [0.4, 0.5) is 5.95 Å². The molecule has 1 fully saturated rings. The number of hydrogen-bond acceptors (Lipinski definition) is 4. The van der Waals surface area contributed by atoms with E-state index in [4.69, 9.17) is 0 Å². The van der Waals surface area contributed by atoms with Gasteiger partial charge in [0.2, 0.25) is 5.95 Å². The topological polar surface area (TPSA) is 32.3 Å². The Morgan fingerprint density at radius 1 is 1.44 bits per heavy atom. The van der Waals surface area contributed by atoms with Crippen LogP contribution in [-0.4, -0.2) is 48.6 Å². The normalized spacial score (nSPS) is 22.0. The van der Waals surface area contributed by atoms with E-state index in [9.17, 15) is 0 Å². The second-order valence-electron chi connectivity index (χ2n) is 4.70. The zero-order valence-corrected chi connectivity index (χ0v) is 10.1. The molecule has 0 aromatic carbocycles. The van der Waals surface area contributed by atoms with Gasteiger partial charge in [0.05, 0.1) is 0 Å². The zero-order chi connectivity index (χ0) is 11.4. The van der Waals surface area contributed by atoms with Gasteiger partial charge >= 0.3 is 0 Å². The van der Waals surface area contributed by atoms with E-state index in [2.05, 4.69) is 33.9 Å². The second-order valence-corrected chi connectivity index (χ2v) is 4.70. The molecule has 0 bridgehead atoms. The van der Waals surface area contributed by atoms with Gasteiger partial charge in [-0.3, -0.25) is 0 Å². The number of hydrogen-bond donors (Lipinski definition) is 0. The highest BCUT2D eigenvalue weighted by Crippen LogP contribution is 2.17. The number of anilines is 1. The monoisotopic (exact) mass is 220 g/mol. The van der Waals surface area contributed by atoms with Gasteiger partial charge in [0.15, 0.2) is 0 Å². The SMILES string of the molecule is CN1CCCC(CN(C)c2ncccn2)C1. The van der Waals surface area contributed by atoms with Crippen molar-refractivity contribution in [3.8, 4) is 0 Å². The van der Waals surface area contributed by atoms with Crippen molar-refractivity contribution >= 4 is 5.95 Å². The molecular weight excluding hydrogens is 200 g/mol. The van der Waals surface area contributed by atoms with Gasteiger partial charge in [-0.05, 0) is 38.4 Å². The molecule has 1 aromatic heterocycles. The average Bonchev–Trinajstić information content (AvgIpc) is 2.30. The molecule has 2 rings (SSSR count). The maximum Gasteiger partial charge on any atom is 0.224 e. The van der Waals surface area contributed by atoms with E-state index >= 15 is 0 Å². The van der Waals surface area contributed by atoms with Gasteiger partial charge in [-0.15, -0.1) is 0 Å². The fourth-order valence-electron chi connectivity index (χ4n) is 2.38. The molecule has 0 N–H and O–H groups in total. The summed E-state index contributed by atoms with van der Waals surface area (Å²) in [7, 11) is 4.27. The fraction of sp³-hybridized carbons (Fsp3) is 0.667. The summed E-state index contributed by atoms with van der Waals surface area (Å²) in [6.07, 6.45) is 6.23. The van der Waals surface area contributed by atoms with Crippen molar-refractivity contribution < 1.29 is 0 Å². The first kappa shape index (κ1) is 11.3. The zero-order valence-electron chi connectivity index (χ0n) is 10.1. The first-order valence-electron chi connectivity index (χ1n) is 5.92. The summed E-state index contributed by atoms with van der Waals surface area (Å²) in [5.41, 5.74) is 0. The van der Waals surface area contributed by atoms with Crippen LogP contribution in [0.3, 0.4) is 0 Å². The Bertz CT molecular complexity index is 314. The lowest BCUT2D eigenvalue weighted by Gasteiger charge is -2.32. The van der Waals surface area contributed by atoms with Gasteiger partial charge in [0.25, 0.3) is 0 Å². The van der Waals surface area contributed by atoms with Crippen molar-refractivity contribution in [3.05, 3.63) is 18.5 Å². The lowest BCUT2D eigenvalue weighted by molar-refractivity contribution is 0.213. The van der Waals surface area contributed by atoms with Crippen molar-refractivity contribution in [2.24, 2.45) is 5.92 Å². The highest BCUT2D eigenvalue weighted by molar-refractivity contribution is 5.26. The van der Waals surface area contributed by atoms with Gasteiger partial charge in [-0.25, -0.2) is 9.97 Å². The Morgan fingerprint density at radius 3 is 2.88 bits per heavy atom. The molecule has 4 heteroatoms. The molecule has 1 atom stereocenters. The van der Waals surface area contributed by atoms with Gasteiger partial charge in [-0.1, -0.05) is 0 Å². The molecule has 1 aromatic rings. The maximum absolute atomic E-state index is 4.26. The molecule has 4 nitrogen and oxygen atoms in total. The number of rotatable bonds is 3. The van der Waals surface area contributed by atoms with Crippen LogP contribution in [0, 0.1) is 5.92 Å². The van der Waals surface area contributed by atoms with Crippen LogP contribution >= 0.6 is 0 Å². The predicted octanol–water partition coefficient (Wildman–Crippen LogP) is 1.25. The highest BCUT2D eigenvalue weighted by Gasteiger charge is 2.19. The minimum absolute atomic E-state index is 0.743. The smallest absolute Gasteiger partial charge is 0.224 e. The van der Waals surface area contributed by atoms with E-state index in [0.717, 1.165) is 18.4 Å². The van der Waals surface area contributed by atoms with E-state index in [-0.39, 0.29) is 0 Å². The third-order valence-corrected chi connectivity index (χ3v) is 3.15. The summed E-state index contributed by atoms with van der Waals surface area (Å²) >= 11 is 0. The Balaban J connectivity index is 1.89. The molecule has 2 heterocycles. The number of piperidine rings is 1. The van der Waals surface area contributed by atoms with E-state index in [1.165, 1.54) is 25.9 Å². The molecule has 0 amide bonds. The van der Waals surface area contributed by atoms with Crippen LogP contribution in [0.5, 0.6) is 0 Å². The van der Waals surface area contributed by atoms with Crippen LogP contribution in [0.15, 0.2) is 18.5 Å². The fourth-order valence-corrected chi connectivity index (χ4v) is 2.38. The minimum Gasteiger partial charge on any atom is -0.344 e. The first-order chi connectivity index (χ1) is 7.75. The van der Waals surface area contributed by atoms with Crippen molar-refractivity contribution in [1.82, 2.24) is 14.9 Å². The maximum atomic E-state index is 4.26. The van der Waals surface area contributed by atoms with Crippen molar-refractivity contribution in [2.45, 2.75) is 12.8 Å². The van der Waals surface area contributed by atoms with E-state index < -0.39 is 0 Å². The molecule has 1 aliphatic rings. The predicted molar refractivity (Wildman–Crippen MR) is 65.5 cm³/mol. The molecule has 0 saturated carbocycles. The standard InChI is InChI=1S/C12H20N4/c1-15-8-3-5-11(9-15)10-16(2)12-13-6-4-7-14-12/h4,6-7,11H,3,5,8-10H2,1-2H3. The van der Waals surface area contributed by atoms with Crippen LogP contribution < -0.4 is 4.90 Å². The Kier molecular flexibility index (Phi) is 3.72. The van der Waals surface area contributed by atoms with Gasteiger partial charge in [0, 0.05) is 32.5 Å². The van der Waals surface area contributed by atoms with Crippen LogP contribution in [0.1, 0.15) is 12.8 Å². The van der Waals surface area contributed by atoms with Crippen molar-refractivity contribution in [3.63, 3.8) is 0 Å². The van der Waals surface area contributed by atoms with Crippen LogP contribution in [0.2, 0.25) is 0 Å². The minimum atomic E-state index is 0.743. The molecule has 1 aliphatic heterocycles. The quantitative estimate of drug-likeness (QED) is 0.767. The number of likely N-dealkylation sites (tertiary alicyclic amines) is 1. The Labute approximate surface area is 97.3 Å². The van der Waals surface area contributed by atoms with Gasteiger partial charge < -0.3 is 9.80 Å². The number of nitrogens with zero attached hydrogens (tertiary/aromatic N) is 4. The van der Waals surface area contributed by atoms with E-state index in [1.807, 2.05) is 6.07 Å². The second kappa shape index (κ2) is 5.25. The van der Waals surface area contributed by atoms with E-state index in [0.29, 0.717) is 0 Å². The van der Waals surface area contributed by atoms with Crippen molar-refractivity contribution in [1.29, 1.82) is 0 Å². The lowest BCUT2D eigenvalue weighted by atomic mass is 9.98. The molecule has 0 radical (unpaired) electrons. The van der Waals surface area contributed by atoms with Crippen LogP contribution in [-0.2, 0) is 0 Å². The van der Waals surface area contributed by atoms with Crippen LogP contribution in [0.25, 0.3) is 0 Å². The Hall–Kier alpha value is -1.16. The third-order valence-electron chi connectivity index (χ3n) is 3.15. The molecular formula is C12H20N4. The van der Waals surface area contributed by atoms with E-state index in [1.54, 1.807) is 12.4 Å². The lowest BCUT2D eigenvalue weighted by Crippen LogP contribution is -2.38. The van der Waals surface area contributed by atoms with Gasteiger partial charge in [0.1, 0.15) is 0 Å². The van der Waals surface area contributed by atoms with Crippen molar-refractivity contribution in [2.75, 3.05) is 38.6 Å². The third kappa shape index (κ3) is 2.92. The van der Waals surface area contributed by atoms with Gasteiger partial charge in [-0.2, -0.15) is 0 Å². The molecule has 16 heavy (non-hydrogen) atoms. The molecule has 88 valence electrons. The molecule has 0 spiro atoms. The summed E-state index contributed by atoms with van der Waals surface area (Å²) in [6, 6.07) is 1.85. The molecule has 0 aliphatic carbocycles. The summed E-state index contributed by atoms with van der Waals surface area (Å²) in [5, 5.41) is 0. The molecule has 1 saturated heterocycles. The largest absolute Gasteiger partial charge is 0.344 e. The summed E-state index contributed by atoms with van der Waals surface area (Å²) < 4.78 is 0. The Morgan fingerprint density at radius 2 is 2.19 bits per heavy atom. The highest BCUT2D eigenvalue weighted by atomic mass is 15.2.